The number of nitrogens with two attached hydrogens (primary N) is 1. The van der Waals surface area contributed by atoms with Gasteiger partial charge < -0.3 is 35.2 Å². The van der Waals surface area contributed by atoms with E-state index >= 15 is 0 Å². The molecule has 0 aliphatic carbocycles. The van der Waals surface area contributed by atoms with Crippen molar-refractivity contribution in [3.8, 4) is 0 Å². The fourth-order valence-electron chi connectivity index (χ4n) is 2.65. The molecule has 2 unspecified atom stereocenters. The van der Waals surface area contributed by atoms with Gasteiger partial charge in [0.25, 0.3) is 0 Å². The number of aromatic nitrogens is 2. The SMILES string of the molecule is C[C@]1(O)C[C@H](n2ccc(N)nc2=O)O[C@]1(CF)COP(=O)(O)OP(=O)(O)OP(=O)(O)O. The van der Waals surface area contributed by atoms with Crippen molar-refractivity contribution in [2.24, 2.45) is 0 Å². The van der Waals surface area contributed by atoms with Crippen molar-refractivity contribution >= 4 is 29.3 Å². The highest BCUT2D eigenvalue weighted by molar-refractivity contribution is 7.66. The Morgan fingerprint density at radius 3 is 2.42 bits per heavy atom. The van der Waals surface area contributed by atoms with Crippen LogP contribution in [0.5, 0.6) is 0 Å². The van der Waals surface area contributed by atoms with Crippen LogP contribution in [0.3, 0.4) is 0 Å². The summed E-state index contributed by atoms with van der Waals surface area (Å²) < 4.78 is 65.5. The van der Waals surface area contributed by atoms with Crippen molar-refractivity contribution in [3.05, 3.63) is 22.7 Å². The predicted molar refractivity (Wildman–Crippen MR) is 96.8 cm³/mol. The normalized spacial score (nSPS) is 30.6. The zero-order chi connectivity index (χ0) is 23.9. The van der Waals surface area contributed by atoms with Crippen molar-refractivity contribution < 1.29 is 60.6 Å². The van der Waals surface area contributed by atoms with E-state index in [4.69, 9.17) is 25.2 Å². The van der Waals surface area contributed by atoms with E-state index in [1.165, 1.54) is 6.07 Å². The summed E-state index contributed by atoms with van der Waals surface area (Å²) in [6.07, 6.45) is -0.569. The lowest BCUT2D eigenvalue weighted by atomic mass is 9.85. The van der Waals surface area contributed by atoms with Gasteiger partial charge in [0.15, 0.2) is 5.60 Å². The molecule has 1 aliphatic heterocycles. The van der Waals surface area contributed by atoms with Crippen molar-refractivity contribution in [2.75, 3.05) is 19.0 Å². The maximum Gasteiger partial charge on any atom is 0.490 e. The minimum atomic E-state index is -5.79. The minimum absolute atomic E-state index is 0.115. The number of hydrogen-bond donors (Lipinski definition) is 6. The Kier molecular flexibility index (Phi) is 7.36. The summed E-state index contributed by atoms with van der Waals surface area (Å²) in [5.74, 6) is -0.115. The van der Waals surface area contributed by atoms with E-state index in [0.29, 0.717) is 0 Å². The molecule has 0 spiro atoms. The van der Waals surface area contributed by atoms with E-state index in [9.17, 15) is 32.9 Å². The monoisotopic (exact) mass is 513 g/mol. The topological polar surface area (TPSA) is 250 Å². The van der Waals surface area contributed by atoms with Gasteiger partial charge in [0.1, 0.15) is 24.3 Å². The Bertz CT molecular complexity index is 1030. The molecule has 178 valence electrons. The predicted octanol–water partition coefficient (Wildman–Crippen LogP) is -0.453. The second-order valence-corrected chi connectivity index (χ2v) is 11.0. The minimum Gasteiger partial charge on any atom is -0.387 e. The van der Waals surface area contributed by atoms with E-state index in [2.05, 4.69) is 18.1 Å². The molecular weight excluding hydrogens is 494 g/mol. The molecule has 1 aromatic heterocycles. The van der Waals surface area contributed by atoms with Crippen LogP contribution in [0.4, 0.5) is 10.2 Å². The summed E-state index contributed by atoms with van der Waals surface area (Å²) in [5.41, 5.74) is -0.0101. The Hall–Kier alpha value is -1.06. The number of phosphoric acid groups is 3. The average Bonchev–Trinajstić information content (AvgIpc) is 2.80. The first kappa shape index (κ1) is 26.2. The molecule has 2 heterocycles. The van der Waals surface area contributed by atoms with Gasteiger partial charge in [-0.1, -0.05) is 0 Å². The fraction of sp³-hybridized carbons (Fsp3) is 0.636. The molecule has 0 amide bonds. The molecule has 0 saturated carbocycles. The van der Waals surface area contributed by atoms with Gasteiger partial charge in [-0.3, -0.25) is 9.09 Å². The molecule has 1 saturated heterocycles. The van der Waals surface area contributed by atoms with Crippen molar-refractivity contribution in [1.82, 2.24) is 9.55 Å². The van der Waals surface area contributed by atoms with E-state index in [1.807, 2.05) is 0 Å². The lowest BCUT2D eigenvalue weighted by molar-refractivity contribution is -0.165. The molecule has 1 aliphatic rings. The Balaban J connectivity index is 2.21. The third-order valence-corrected chi connectivity index (χ3v) is 7.95. The van der Waals surface area contributed by atoms with Crippen LogP contribution >= 0.6 is 23.5 Å². The van der Waals surface area contributed by atoms with Crippen molar-refractivity contribution in [1.29, 1.82) is 0 Å². The van der Waals surface area contributed by atoms with E-state index < -0.39 is 66.3 Å². The summed E-state index contributed by atoms with van der Waals surface area (Å²) in [4.78, 5) is 51.1. The molecule has 1 aromatic rings. The zero-order valence-corrected chi connectivity index (χ0v) is 18.2. The van der Waals surface area contributed by atoms with Gasteiger partial charge in [-0.05, 0) is 13.0 Å². The quantitative estimate of drug-likeness (QED) is 0.229. The van der Waals surface area contributed by atoms with E-state index in [-0.39, 0.29) is 5.82 Å². The number of nitrogens with zero attached hydrogens (tertiary/aromatic N) is 2. The summed E-state index contributed by atoms with van der Waals surface area (Å²) in [6, 6.07) is 1.22. The first-order valence-electron chi connectivity index (χ1n) is 8.00. The average molecular weight is 513 g/mol. The Morgan fingerprint density at radius 2 is 1.90 bits per heavy atom. The summed E-state index contributed by atoms with van der Waals surface area (Å²) in [6.45, 7) is -1.71. The molecule has 7 N–H and O–H groups in total. The smallest absolute Gasteiger partial charge is 0.387 e. The van der Waals surface area contributed by atoms with Crippen LogP contribution in [-0.4, -0.2) is 58.7 Å². The Labute approximate surface area is 172 Å². The summed E-state index contributed by atoms with van der Waals surface area (Å²) in [5, 5.41) is 10.6. The Morgan fingerprint density at radius 1 is 1.29 bits per heavy atom. The van der Waals surface area contributed by atoms with Gasteiger partial charge in [0, 0.05) is 12.6 Å². The third kappa shape index (κ3) is 6.48. The number of hydrogen-bond acceptors (Lipinski definition) is 11. The highest BCUT2D eigenvalue weighted by Crippen LogP contribution is 2.66. The molecule has 16 nitrogen and oxygen atoms in total. The van der Waals surface area contributed by atoms with Gasteiger partial charge >= 0.3 is 29.2 Å². The first-order valence-corrected chi connectivity index (χ1v) is 12.5. The van der Waals surface area contributed by atoms with Gasteiger partial charge in [-0.25, -0.2) is 22.9 Å². The van der Waals surface area contributed by atoms with Crippen LogP contribution in [0.1, 0.15) is 19.6 Å². The second kappa shape index (κ2) is 8.71. The number of nitrogen functional groups attached to an aromatic ring is 1. The van der Waals surface area contributed by atoms with Gasteiger partial charge in [-0.2, -0.15) is 13.6 Å². The van der Waals surface area contributed by atoms with E-state index in [0.717, 1.165) is 17.7 Å². The summed E-state index contributed by atoms with van der Waals surface area (Å²) >= 11 is 0. The molecule has 0 radical (unpaired) electrons. The van der Waals surface area contributed by atoms with Crippen molar-refractivity contribution in [2.45, 2.75) is 30.8 Å². The van der Waals surface area contributed by atoms with Crippen LogP contribution in [0.2, 0.25) is 0 Å². The molecule has 5 atom stereocenters. The first-order chi connectivity index (χ1) is 13.9. The zero-order valence-electron chi connectivity index (χ0n) is 15.5. The van der Waals surface area contributed by atoms with Crippen LogP contribution in [0.15, 0.2) is 17.1 Å². The van der Waals surface area contributed by atoms with Crippen molar-refractivity contribution in [3.63, 3.8) is 0 Å². The third-order valence-electron chi connectivity index (χ3n) is 4.17. The molecule has 1 fully saturated rings. The summed E-state index contributed by atoms with van der Waals surface area (Å²) in [7, 11) is -17.0. The maximum absolute atomic E-state index is 13.9. The molecule has 0 aromatic carbocycles. The molecule has 20 heteroatoms. The van der Waals surface area contributed by atoms with Crippen LogP contribution in [0, 0.1) is 0 Å². The fourth-order valence-corrected chi connectivity index (χ4v) is 5.71. The number of phosphoric ester groups is 1. The van der Waals surface area contributed by atoms with Gasteiger partial charge in [0.2, 0.25) is 0 Å². The second-order valence-electron chi connectivity index (χ2n) is 6.59. The van der Waals surface area contributed by atoms with Gasteiger partial charge in [0.05, 0.1) is 6.61 Å². The largest absolute Gasteiger partial charge is 0.490 e. The lowest BCUT2D eigenvalue weighted by Gasteiger charge is -2.35. The van der Waals surface area contributed by atoms with Crippen LogP contribution in [0.25, 0.3) is 0 Å². The number of ether oxygens (including phenoxy) is 1. The maximum atomic E-state index is 13.9. The molecule has 2 rings (SSSR count). The standard InChI is InChI=1S/C11H19FN3O13P3/c1-10(17)4-8(15-3-2-7(13)14-9(15)16)26-11(10,5-12)6-25-30(21,22)28-31(23,24)27-29(18,19)20/h2-3,8,17H,4-6H2,1H3,(H,21,22)(H,23,24)(H2,13,14,16)(H2,18,19,20)/t8-,10+,11-/m1/s1. The van der Waals surface area contributed by atoms with Crippen LogP contribution in [-0.2, 0) is 31.6 Å². The lowest BCUT2D eigenvalue weighted by Crippen LogP contribution is -2.54. The number of anilines is 1. The van der Waals surface area contributed by atoms with E-state index in [1.54, 1.807) is 0 Å². The number of halogens is 1. The number of alkyl halides is 1. The molecular formula is C11H19FN3O13P3. The number of aliphatic hydroxyl groups is 1. The molecule has 31 heavy (non-hydrogen) atoms. The molecule has 0 bridgehead atoms. The van der Waals surface area contributed by atoms with Gasteiger partial charge in [-0.15, -0.1) is 0 Å². The van der Waals surface area contributed by atoms with Crippen LogP contribution < -0.4 is 11.4 Å². The number of rotatable bonds is 9. The highest BCUT2D eigenvalue weighted by atomic mass is 31.3. The highest BCUT2D eigenvalue weighted by Gasteiger charge is 2.59.